The summed E-state index contributed by atoms with van der Waals surface area (Å²) in [6.07, 6.45) is 2.12. The van der Waals surface area contributed by atoms with Gasteiger partial charge in [-0.2, -0.15) is 0 Å². The van der Waals surface area contributed by atoms with Crippen LogP contribution >= 0.6 is 0 Å². The van der Waals surface area contributed by atoms with E-state index in [0.717, 1.165) is 5.56 Å². The molecule has 2 atom stereocenters. The lowest BCUT2D eigenvalue weighted by Crippen LogP contribution is -2.38. The van der Waals surface area contributed by atoms with Gasteiger partial charge in [-0.15, -0.1) is 0 Å². The van der Waals surface area contributed by atoms with Gasteiger partial charge in [-0.1, -0.05) is 24.3 Å². The van der Waals surface area contributed by atoms with Crippen LogP contribution in [0.5, 0.6) is 0 Å². The van der Waals surface area contributed by atoms with E-state index < -0.39 is 21.4 Å². The highest BCUT2D eigenvalue weighted by Gasteiger charge is 2.47. The van der Waals surface area contributed by atoms with Crippen LogP contribution in [0.3, 0.4) is 0 Å². The van der Waals surface area contributed by atoms with Gasteiger partial charge in [-0.3, -0.25) is 0 Å². The Labute approximate surface area is 119 Å². The quantitative estimate of drug-likeness (QED) is 0.879. The highest BCUT2D eigenvalue weighted by molar-refractivity contribution is 7.91. The summed E-state index contributed by atoms with van der Waals surface area (Å²) in [7, 11) is -3.07. The molecule has 1 aromatic carbocycles. The normalized spacial score (nSPS) is 30.3. The molecule has 1 saturated carbocycles. The molecule has 2 fully saturated rings. The van der Waals surface area contributed by atoms with E-state index in [1.807, 2.05) is 24.3 Å². The molecule has 4 nitrogen and oxygen atoms in total. The van der Waals surface area contributed by atoms with Crippen molar-refractivity contribution in [2.24, 2.45) is 11.1 Å². The fourth-order valence-corrected chi connectivity index (χ4v) is 5.31. The molecular formula is C15H21NO3S. The Morgan fingerprint density at radius 2 is 1.95 bits per heavy atom. The van der Waals surface area contributed by atoms with E-state index in [0.29, 0.717) is 12.3 Å². The van der Waals surface area contributed by atoms with Crippen LogP contribution in [0.15, 0.2) is 24.3 Å². The Kier molecular flexibility index (Phi) is 3.39. The molecule has 1 aromatic rings. The summed E-state index contributed by atoms with van der Waals surface area (Å²) in [5, 5.41) is 10.6. The van der Waals surface area contributed by atoms with Crippen molar-refractivity contribution in [3.05, 3.63) is 35.4 Å². The average molecular weight is 295 g/mol. The Morgan fingerprint density at radius 3 is 2.40 bits per heavy atom. The van der Waals surface area contributed by atoms with Crippen molar-refractivity contribution in [1.29, 1.82) is 0 Å². The lowest BCUT2D eigenvalue weighted by Gasteiger charge is -2.32. The van der Waals surface area contributed by atoms with Crippen molar-refractivity contribution in [3.63, 3.8) is 0 Å². The molecule has 110 valence electrons. The van der Waals surface area contributed by atoms with Crippen LogP contribution in [0.25, 0.3) is 0 Å². The maximum Gasteiger partial charge on any atom is 0.151 e. The molecule has 1 aliphatic carbocycles. The van der Waals surface area contributed by atoms with Crippen LogP contribution in [0, 0.1) is 5.41 Å². The first-order chi connectivity index (χ1) is 9.46. The second-order valence-corrected chi connectivity index (χ2v) is 8.44. The van der Waals surface area contributed by atoms with Gasteiger partial charge in [0.25, 0.3) is 0 Å². The number of rotatable bonds is 4. The molecule has 0 radical (unpaired) electrons. The molecule has 20 heavy (non-hydrogen) atoms. The number of aliphatic hydroxyl groups excluding tert-OH is 1. The van der Waals surface area contributed by atoms with Gasteiger partial charge in [0.2, 0.25) is 0 Å². The van der Waals surface area contributed by atoms with E-state index in [4.69, 9.17) is 5.73 Å². The fraction of sp³-hybridized carbons (Fsp3) is 0.600. The molecule has 3 rings (SSSR count). The third-order valence-corrected chi connectivity index (χ3v) is 6.55. The molecule has 0 aromatic heterocycles. The number of sulfone groups is 1. The third-order valence-electron chi connectivity index (χ3n) is 4.71. The van der Waals surface area contributed by atoms with Crippen LogP contribution in [0.4, 0.5) is 0 Å². The zero-order valence-electron chi connectivity index (χ0n) is 11.5. The Morgan fingerprint density at radius 1 is 1.30 bits per heavy atom. The summed E-state index contributed by atoms with van der Waals surface area (Å²) in [6, 6.07) is 7.93. The first-order valence-corrected chi connectivity index (χ1v) is 8.96. The summed E-state index contributed by atoms with van der Waals surface area (Å²) < 4.78 is 23.5. The van der Waals surface area contributed by atoms with Gasteiger partial charge < -0.3 is 10.8 Å². The third kappa shape index (κ3) is 2.50. The van der Waals surface area contributed by atoms with Crippen LogP contribution in [0.2, 0.25) is 0 Å². The van der Waals surface area contributed by atoms with Crippen LogP contribution < -0.4 is 5.73 Å². The number of nitrogens with two attached hydrogens (primary N) is 1. The van der Waals surface area contributed by atoms with Crippen molar-refractivity contribution >= 4 is 9.84 Å². The maximum absolute atomic E-state index is 11.7. The van der Waals surface area contributed by atoms with Crippen LogP contribution in [-0.4, -0.2) is 31.6 Å². The zero-order valence-corrected chi connectivity index (χ0v) is 12.3. The number of hydrogen-bond acceptors (Lipinski definition) is 4. The highest BCUT2D eigenvalue weighted by atomic mass is 32.2. The van der Waals surface area contributed by atoms with E-state index >= 15 is 0 Å². The summed E-state index contributed by atoms with van der Waals surface area (Å²) in [6.45, 7) is 0.192. The topological polar surface area (TPSA) is 80.4 Å². The van der Waals surface area contributed by atoms with Gasteiger partial charge in [0.1, 0.15) is 0 Å². The van der Waals surface area contributed by atoms with E-state index in [9.17, 15) is 13.5 Å². The largest absolute Gasteiger partial charge is 0.388 e. The van der Waals surface area contributed by atoms with Gasteiger partial charge in [-0.25, -0.2) is 8.42 Å². The molecule has 5 heteroatoms. The molecule has 0 bridgehead atoms. The van der Waals surface area contributed by atoms with E-state index in [2.05, 4.69) is 0 Å². The predicted molar refractivity (Wildman–Crippen MR) is 78.1 cm³/mol. The van der Waals surface area contributed by atoms with Gasteiger partial charge in [-0.05, 0) is 36.3 Å². The Balaban J connectivity index is 1.84. The van der Waals surface area contributed by atoms with Crippen molar-refractivity contribution in [1.82, 2.24) is 0 Å². The first kappa shape index (κ1) is 14.0. The van der Waals surface area contributed by atoms with E-state index in [1.54, 1.807) is 0 Å². The molecule has 1 saturated heterocycles. The van der Waals surface area contributed by atoms with Crippen molar-refractivity contribution in [2.45, 2.75) is 31.3 Å². The molecule has 0 spiro atoms. The summed E-state index contributed by atoms with van der Waals surface area (Å²) >= 11 is 0. The summed E-state index contributed by atoms with van der Waals surface area (Å²) in [5.41, 5.74) is 7.15. The molecule has 2 unspecified atom stereocenters. The summed E-state index contributed by atoms with van der Waals surface area (Å²) in [4.78, 5) is 0. The number of aliphatic hydroxyl groups is 1. The standard InChI is InChI=1S/C15H21NO3S/c16-9-15(7-8-20(18,19)10-15)14(17)13-5-3-12(4-6-13)11-1-2-11/h3-6,11,14,17H,1-2,7-10,16H2. The zero-order chi connectivity index (χ0) is 14.4. The SMILES string of the molecule is NCC1(C(O)c2ccc(C3CC3)cc2)CCS(=O)(=O)C1. The average Bonchev–Trinajstić information content (AvgIpc) is 3.23. The van der Waals surface area contributed by atoms with Gasteiger partial charge >= 0.3 is 0 Å². The lowest BCUT2D eigenvalue weighted by molar-refractivity contribution is 0.0472. The molecule has 1 aliphatic heterocycles. The van der Waals surface area contributed by atoms with Crippen LogP contribution in [-0.2, 0) is 9.84 Å². The Bertz CT molecular complexity index is 592. The second-order valence-electron chi connectivity index (χ2n) is 6.25. The van der Waals surface area contributed by atoms with E-state index in [1.165, 1.54) is 18.4 Å². The lowest BCUT2D eigenvalue weighted by atomic mass is 9.78. The fourth-order valence-electron chi connectivity index (χ4n) is 3.15. The van der Waals surface area contributed by atoms with E-state index in [-0.39, 0.29) is 18.1 Å². The van der Waals surface area contributed by atoms with Crippen molar-refractivity contribution in [2.75, 3.05) is 18.1 Å². The molecule has 2 aliphatic rings. The number of hydrogen-bond donors (Lipinski definition) is 2. The van der Waals surface area contributed by atoms with Gasteiger partial charge in [0.05, 0.1) is 17.6 Å². The monoisotopic (exact) mass is 295 g/mol. The maximum atomic E-state index is 11.7. The molecule has 3 N–H and O–H groups in total. The van der Waals surface area contributed by atoms with Gasteiger partial charge in [0.15, 0.2) is 9.84 Å². The minimum absolute atomic E-state index is 0.0119. The molecular weight excluding hydrogens is 274 g/mol. The van der Waals surface area contributed by atoms with Crippen LogP contribution in [0.1, 0.15) is 42.4 Å². The Hall–Kier alpha value is -0.910. The highest BCUT2D eigenvalue weighted by Crippen LogP contribution is 2.44. The smallest absolute Gasteiger partial charge is 0.151 e. The minimum atomic E-state index is -3.07. The second kappa shape index (κ2) is 4.83. The molecule has 0 amide bonds. The van der Waals surface area contributed by atoms with Crippen molar-refractivity contribution < 1.29 is 13.5 Å². The number of benzene rings is 1. The predicted octanol–water partition coefficient (Wildman–Crippen LogP) is 1.36. The van der Waals surface area contributed by atoms with Crippen molar-refractivity contribution in [3.8, 4) is 0 Å². The molecule has 1 heterocycles. The van der Waals surface area contributed by atoms with Gasteiger partial charge in [0, 0.05) is 12.0 Å². The summed E-state index contributed by atoms with van der Waals surface area (Å²) in [5.74, 6) is 0.792. The minimum Gasteiger partial charge on any atom is -0.388 e. The first-order valence-electron chi connectivity index (χ1n) is 7.14.